The van der Waals surface area contributed by atoms with Gasteiger partial charge >= 0.3 is 0 Å². The molecule has 0 radical (unpaired) electrons. The fourth-order valence-corrected chi connectivity index (χ4v) is 3.93. The van der Waals surface area contributed by atoms with E-state index in [0.29, 0.717) is 31.9 Å². The van der Waals surface area contributed by atoms with Crippen LogP contribution >= 0.6 is 0 Å². The fourth-order valence-electron chi connectivity index (χ4n) is 3.93. The van der Waals surface area contributed by atoms with Gasteiger partial charge in [-0.05, 0) is 53.9 Å². The topological polar surface area (TPSA) is 112 Å². The van der Waals surface area contributed by atoms with Gasteiger partial charge in [-0.1, -0.05) is 36.4 Å². The molecule has 1 heterocycles. The number of aliphatic imine (C=N–C) groups is 1. The normalized spacial score (nSPS) is 14.6. The van der Waals surface area contributed by atoms with Crippen LogP contribution in [-0.4, -0.2) is 38.2 Å². The van der Waals surface area contributed by atoms with Gasteiger partial charge in [0.15, 0.2) is 12.1 Å². The van der Waals surface area contributed by atoms with Crippen LogP contribution in [0, 0.1) is 0 Å². The van der Waals surface area contributed by atoms with E-state index < -0.39 is 6.10 Å². The molecule has 0 saturated carbocycles. The molecule has 1 aliphatic heterocycles. The Morgan fingerprint density at radius 2 is 1.80 bits per heavy atom. The van der Waals surface area contributed by atoms with Crippen LogP contribution in [0.1, 0.15) is 17.5 Å². The monoisotopic (exact) mass is 474 g/mol. The van der Waals surface area contributed by atoms with Crippen molar-refractivity contribution in [1.82, 2.24) is 0 Å². The van der Waals surface area contributed by atoms with Crippen LogP contribution in [0.15, 0.2) is 77.8 Å². The number of hydrogen-bond donors (Lipinski definition) is 2. The minimum atomic E-state index is -0.630. The first-order chi connectivity index (χ1) is 17.0. The molecule has 0 aliphatic carbocycles. The Bertz CT molecular complexity index is 1180. The van der Waals surface area contributed by atoms with Gasteiger partial charge in [0.05, 0.1) is 25.9 Å². The lowest BCUT2D eigenvalue weighted by atomic mass is 10.1. The molecule has 182 valence electrons. The van der Waals surface area contributed by atoms with Crippen LogP contribution in [-0.2, 0) is 17.8 Å². The van der Waals surface area contributed by atoms with E-state index in [2.05, 4.69) is 4.99 Å². The first kappa shape index (κ1) is 23.9. The van der Waals surface area contributed by atoms with Crippen LogP contribution in [0.3, 0.4) is 0 Å². The zero-order valence-corrected chi connectivity index (χ0v) is 19.7. The summed E-state index contributed by atoms with van der Waals surface area (Å²) in [6, 6.07) is 23.1. The van der Waals surface area contributed by atoms with Crippen LogP contribution in [0.5, 0.6) is 17.2 Å². The van der Waals surface area contributed by atoms with Gasteiger partial charge < -0.3 is 30.6 Å². The molecule has 35 heavy (non-hydrogen) atoms. The van der Waals surface area contributed by atoms with Gasteiger partial charge in [-0.2, -0.15) is 0 Å². The van der Waals surface area contributed by atoms with E-state index in [1.165, 1.54) is 0 Å². The summed E-state index contributed by atoms with van der Waals surface area (Å²) in [5.74, 6) is 2.17. The lowest BCUT2D eigenvalue weighted by molar-refractivity contribution is -0.127. The third-order valence-electron chi connectivity index (χ3n) is 5.71. The molecule has 4 rings (SSSR count). The molecule has 0 bridgehead atoms. The third-order valence-corrected chi connectivity index (χ3v) is 5.71. The molecule has 0 spiro atoms. The van der Waals surface area contributed by atoms with E-state index in [1.54, 1.807) is 12.0 Å². The van der Waals surface area contributed by atoms with Gasteiger partial charge in [0, 0.05) is 13.0 Å². The molecule has 1 atom stereocenters. The third kappa shape index (κ3) is 6.23. The summed E-state index contributed by atoms with van der Waals surface area (Å²) < 4.78 is 17.3. The lowest BCUT2D eigenvalue weighted by Crippen LogP contribution is -2.46. The van der Waals surface area contributed by atoms with E-state index in [-0.39, 0.29) is 11.9 Å². The molecule has 4 N–H and O–H groups in total. The highest BCUT2D eigenvalue weighted by molar-refractivity contribution is 5.99. The maximum absolute atomic E-state index is 13.4. The summed E-state index contributed by atoms with van der Waals surface area (Å²) >= 11 is 0. The predicted octanol–water partition coefficient (Wildman–Crippen LogP) is 3.27. The second-order valence-corrected chi connectivity index (χ2v) is 8.19. The number of guanidine groups is 1. The smallest absolute Gasteiger partial charge is 0.268 e. The lowest BCUT2D eigenvalue weighted by Gasteiger charge is -2.34. The molecule has 8 nitrogen and oxygen atoms in total. The molecule has 1 aliphatic rings. The number of carbonyl (C=O) groups excluding carboxylic acids is 1. The van der Waals surface area contributed by atoms with Gasteiger partial charge in [-0.25, -0.2) is 0 Å². The zero-order valence-electron chi connectivity index (χ0n) is 19.7. The van der Waals surface area contributed by atoms with Crippen molar-refractivity contribution in [2.75, 3.05) is 25.2 Å². The predicted molar refractivity (Wildman–Crippen MR) is 136 cm³/mol. The summed E-state index contributed by atoms with van der Waals surface area (Å²) in [5, 5.41) is 0. The maximum atomic E-state index is 13.4. The molecule has 1 unspecified atom stereocenters. The van der Waals surface area contributed by atoms with Crippen molar-refractivity contribution in [1.29, 1.82) is 0 Å². The number of amides is 1. The molecular weight excluding hydrogens is 444 g/mol. The number of anilines is 1. The van der Waals surface area contributed by atoms with Crippen molar-refractivity contribution < 1.29 is 19.0 Å². The number of nitrogens with zero attached hydrogens (tertiary/aromatic N) is 2. The number of methoxy groups -OCH3 is 1. The molecule has 3 aromatic rings. The minimum absolute atomic E-state index is 0.0918. The molecule has 3 aromatic carbocycles. The van der Waals surface area contributed by atoms with Crippen molar-refractivity contribution >= 4 is 17.6 Å². The van der Waals surface area contributed by atoms with Gasteiger partial charge in [0.25, 0.3) is 5.91 Å². The first-order valence-corrected chi connectivity index (χ1v) is 11.5. The Morgan fingerprint density at radius 1 is 1.00 bits per heavy atom. The fraction of sp³-hybridized carbons (Fsp3) is 0.259. The van der Waals surface area contributed by atoms with E-state index in [9.17, 15) is 4.79 Å². The number of para-hydroxylation sites is 2. The number of carbonyl (C=O) groups is 1. The quantitative estimate of drug-likeness (QED) is 0.345. The SMILES string of the molecule is COc1cccc(CN2C(=O)C(CCOc3ccc(CCN=C(N)N)cc3)Oc3ccccc32)c1. The van der Waals surface area contributed by atoms with E-state index >= 15 is 0 Å². The number of benzene rings is 3. The van der Waals surface area contributed by atoms with Crippen LogP contribution < -0.4 is 30.6 Å². The van der Waals surface area contributed by atoms with Crippen LogP contribution in [0.4, 0.5) is 5.69 Å². The Balaban J connectivity index is 1.38. The summed E-state index contributed by atoms with van der Waals surface area (Å²) in [7, 11) is 1.63. The number of rotatable bonds is 10. The van der Waals surface area contributed by atoms with Crippen LogP contribution in [0.25, 0.3) is 0 Å². The number of nitrogens with two attached hydrogens (primary N) is 2. The standard InChI is InChI=1S/C27H30N4O4/c1-33-22-6-4-5-20(17-22)18-31-23-7-2-3-8-24(23)35-25(26(31)32)14-16-34-21-11-9-19(10-12-21)13-15-30-27(28)29/h2-12,17,25H,13-16,18H2,1H3,(H4,28,29,30). The number of hydrogen-bond acceptors (Lipinski definition) is 5. The van der Waals surface area contributed by atoms with Crippen molar-refractivity contribution in [3.05, 3.63) is 83.9 Å². The second-order valence-electron chi connectivity index (χ2n) is 8.19. The van der Waals surface area contributed by atoms with Crippen molar-refractivity contribution in [3.63, 3.8) is 0 Å². The van der Waals surface area contributed by atoms with E-state index in [0.717, 1.165) is 34.7 Å². The molecule has 8 heteroatoms. The van der Waals surface area contributed by atoms with Gasteiger partial charge in [0.1, 0.15) is 17.2 Å². The van der Waals surface area contributed by atoms with Crippen molar-refractivity contribution in [2.45, 2.75) is 25.5 Å². The maximum Gasteiger partial charge on any atom is 0.268 e. The molecular formula is C27H30N4O4. The number of ether oxygens (including phenoxy) is 3. The van der Waals surface area contributed by atoms with Gasteiger partial charge in [-0.3, -0.25) is 9.79 Å². The Morgan fingerprint density at radius 3 is 2.57 bits per heavy atom. The Labute approximate surface area is 205 Å². The largest absolute Gasteiger partial charge is 0.497 e. The summed E-state index contributed by atoms with van der Waals surface area (Å²) in [6.45, 7) is 1.31. The Kier molecular flexibility index (Phi) is 7.72. The summed E-state index contributed by atoms with van der Waals surface area (Å²) in [5.41, 5.74) is 13.6. The summed E-state index contributed by atoms with van der Waals surface area (Å²) in [4.78, 5) is 19.1. The molecule has 0 aromatic heterocycles. The van der Waals surface area contributed by atoms with Gasteiger partial charge in [-0.15, -0.1) is 0 Å². The van der Waals surface area contributed by atoms with Gasteiger partial charge in [0.2, 0.25) is 0 Å². The minimum Gasteiger partial charge on any atom is -0.497 e. The number of fused-ring (bicyclic) bond motifs is 1. The molecule has 1 amide bonds. The first-order valence-electron chi connectivity index (χ1n) is 11.5. The average Bonchev–Trinajstić information content (AvgIpc) is 2.87. The Hall–Kier alpha value is -4.20. The van der Waals surface area contributed by atoms with E-state index in [1.807, 2.05) is 72.8 Å². The van der Waals surface area contributed by atoms with Crippen molar-refractivity contribution in [3.8, 4) is 17.2 Å². The molecule has 0 fully saturated rings. The highest BCUT2D eigenvalue weighted by atomic mass is 16.5. The average molecular weight is 475 g/mol. The highest BCUT2D eigenvalue weighted by Crippen LogP contribution is 2.35. The summed E-state index contributed by atoms with van der Waals surface area (Å²) in [6.07, 6.45) is 0.536. The second kappa shape index (κ2) is 11.3. The molecule has 0 saturated heterocycles. The van der Waals surface area contributed by atoms with Crippen molar-refractivity contribution in [2.24, 2.45) is 16.5 Å². The van der Waals surface area contributed by atoms with E-state index in [4.69, 9.17) is 25.7 Å². The van der Waals surface area contributed by atoms with Crippen LogP contribution in [0.2, 0.25) is 0 Å². The zero-order chi connectivity index (χ0) is 24.6. The highest BCUT2D eigenvalue weighted by Gasteiger charge is 2.34.